The second-order valence-corrected chi connectivity index (χ2v) is 8.51. The summed E-state index contributed by atoms with van der Waals surface area (Å²) in [6.45, 7) is -0.340. The van der Waals surface area contributed by atoms with Gasteiger partial charge < -0.3 is 5.32 Å². The van der Waals surface area contributed by atoms with Crippen LogP contribution in [0.4, 0.5) is 9.93 Å². The van der Waals surface area contributed by atoms with Crippen molar-refractivity contribution in [2.45, 2.75) is 43.6 Å². The molecule has 1 aromatic carbocycles. The van der Waals surface area contributed by atoms with Gasteiger partial charge in [0.15, 0.2) is 0 Å². The van der Waals surface area contributed by atoms with Crippen molar-refractivity contribution in [2.24, 2.45) is 0 Å². The van der Waals surface area contributed by atoms with Gasteiger partial charge in [-0.2, -0.15) is 0 Å². The molecule has 2 fully saturated rings. The third-order valence-electron chi connectivity index (χ3n) is 5.57. The zero-order valence-electron chi connectivity index (χ0n) is 15.1. The summed E-state index contributed by atoms with van der Waals surface area (Å²) in [5, 5.41) is 14.9. The number of aromatic nitrogens is 2. The lowest BCUT2D eigenvalue weighted by Crippen LogP contribution is -2.47. The van der Waals surface area contributed by atoms with Gasteiger partial charge in [0.2, 0.25) is 11.0 Å². The Kier molecular flexibility index (Phi) is 3.94. The minimum atomic E-state index is -1.06. The molecule has 0 bridgehead atoms. The Morgan fingerprint density at radius 3 is 2.93 bits per heavy atom. The highest BCUT2D eigenvalue weighted by Crippen LogP contribution is 2.42. The number of anilines is 1. The van der Waals surface area contributed by atoms with Crippen LogP contribution < -0.4 is 10.6 Å². The summed E-state index contributed by atoms with van der Waals surface area (Å²) in [7, 11) is 0. The molecule has 3 aliphatic rings. The lowest BCUT2D eigenvalue weighted by Gasteiger charge is -2.33. The quantitative estimate of drug-likeness (QED) is 0.769. The van der Waals surface area contributed by atoms with Gasteiger partial charge in [-0.05, 0) is 43.2 Å². The van der Waals surface area contributed by atoms with Gasteiger partial charge in [-0.15, -0.1) is 10.2 Å². The number of aryl methyl sites for hydroxylation is 1. The summed E-state index contributed by atoms with van der Waals surface area (Å²) in [6.07, 6.45) is 4.43. The van der Waals surface area contributed by atoms with E-state index in [9.17, 15) is 14.4 Å². The molecule has 0 radical (unpaired) electrons. The molecule has 2 N–H and O–H groups in total. The molecule has 2 aromatic rings. The highest BCUT2D eigenvalue weighted by Gasteiger charge is 2.54. The van der Waals surface area contributed by atoms with Crippen LogP contribution in [0.15, 0.2) is 24.3 Å². The molecule has 1 aromatic heterocycles. The van der Waals surface area contributed by atoms with Gasteiger partial charge in [-0.3, -0.25) is 19.8 Å². The summed E-state index contributed by atoms with van der Waals surface area (Å²) in [4.78, 5) is 39.2. The number of rotatable bonds is 4. The average Bonchev–Trinajstić information content (AvgIpc) is 3.40. The number of urea groups is 1. The average molecular weight is 397 g/mol. The van der Waals surface area contributed by atoms with Gasteiger partial charge in [0.25, 0.3) is 5.91 Å². The van der Waals surface area contributed by atoms with Crippen molar-refractivity contribution < 1.29 is 14.4 Å². The lowest BCUT2D eigenvalue weighted by molar-refractivity contribution is -0.134. The summed E-state index contributed by atoms with van der Waals surface area (Å²) < 4.78 is 0. The minimum Gasteiger partial charge on any atom is -0.319 e. The molecule has 144 valence electrons. The number of amides is 4. The number of carbonyl (C=O) groups excluding carboxylic acids is 3. The van der Waals surface area contributed by atoms with Crippen LogP contribution in [0, 0.1) is 0 Å². The van der Waals surface area contributed by atoms with E-state index < -0.39 is 17.5 Å². The van der Waals surface area contributed by atoms with Crippen LogP contribution in [0.2, 0.25) is 0 Å². The second-order valence-electron chi connectivity index (χ2n) is 7.51. The number of imide groups is 1. The van der Waals surface area contributed by atoms with E-state index in [2.05, 4.69) is 20.8 Å². The third kappa shape index (κ3) is 2.77. The van der Waals surface area contributed by atoms with Gasteiger partial charge in [-0.1, -0.05) is 35.6 Å². The van der Waals surface area contributed by atoms with Gasteiger partial charge >= 0.3 is 6.03 Å². The fraction of sp³-hybridized carbons (Fsp3) is 0.421. The largest absolute Gasteiger partial charge is 0.325 e. The number of carbonyl (C=O) groups is 3. The zero-order chi connectivity index (χ0) is 19.3. The highest BCUT2D eigenvalue weighted by molar-refractivity contribution is 7.15. The molecular formula is C19H19N5O3S. The zero-order valence-corrected chi connectivity index (χ0v) is 15.9. The Morgan fingerprint density at radius 1 is 1.29 bits per heavy atom. The fourth-order valence-electron chi connectivity index (χ4n) is 4.04. The van der Waals surface area contributed by atoms with Crippen molar-refractivity contribution in [3.63, 3.8) is 0 Å². The van der Waals surface area contributed by atoms with E-state index in [-0.39, 0.29) is 12.5 Å². The van der Waals surface area contributed by atoms with Crippen molar-refractivity contribution in [3.8, 4) is 0 Å². The van der Waals surface area contributed by atoms with E-state index in [1.807, 2.05) is 24.3 Å². The fourth-order valence-corrected chi connectivity index (χ4v) is 4.97. The molecule has 8 nitrogen and oxygen atoms in total. The van der Waals surface area contributed by atoms with Crippen LogP contribution >= 0.6 is 11.3 Å². The predicted octanol–water partition coefficient (Wildman–Crippen LogP) is 2.14. The third-order valence-corrected chi connectivity index (χ3v) is 6.57. The van der Waals surface area contributed by atoms with E-state index in [4.69, 9.17) is 0 Å². The highest BCUT2D eigenvalue weighted by atomic mass is 32.1. The molecule has 1 spiro atoms. The standard InChI is InChI=1S/C19H19N5O3S/c25-14(20-17-23-22-15(28-17)12-7-8-12)10-24-16(26)19(21-18(24)27)9-3-5-11-4-1-2-6-13(11)19/h1-2,4,6,12H,3,5,7-10H2,(H,21,27)(H,20,23,25)/t19-/m0/s1. The van der Waals surface area contributed by atoms with E-state index in [0.29, 0.717) is 17.5 Å². The number of benzene rings is 1. The van der Waals surface area contributed by atoms with E-state index in [1.165, 1.54) is 11.3 Å². The van der Waals surface area contributed by atoms with Crippen molar-refractivity contribution in [1.82, 2.24) is 20.4 Å². The van der Waals surface area contributed by atoms with Crippen LogP contribution in [0.5, 0.6) is 0 Å². The maximum atomic E-state index is 13.2. The molecule has 1 saturated carbocycles. The summed E-state index contributed by atoms with van der Waals surface area (Å²) in [6, 6.07) is 7.14. The summed E-state index contributed by atoms with van der Waals surface area (Å²) >= 11 is 1.35. The monoisotopic (exact) mass is 397 g/mol. The van der Waals surface area contributed by atoms with Crippen LogP contribution in [-0.4, -0.2) is 39.5 Å². The van der Waals surface area contributed by atoms with Crippen molar-refractivity contribution in [1.29, 1.82) is 0 Å². The van der Waals surface area contributed by atoms with Gasteiger partial charge in [0.05, 0.1) is 0 Å². The van der Waals surface area contributed by atoms with Crippen molar-refractivity contribution >= 4 is 34.3 Å². The number of nitrogens with zero attached hydrogens (tertiary/aromatic N) is 3. The molecule has 0 unspecified atom stereocenters. The summed E-state index contributed by atoms with van der Waals surface area (Å²) in [5.74, 6) is -0.362. The van der Waals surface area contributed by atoms with Crippen molar-refractivity contribution in [2.75, 3.05) is 11.9 Å². The number of fused-ring (bicyclic) bond motifs is 2. The molecule has 1 aliphatic heterocycles. The maximum absolute atomic E-state index is 13.2. The molecule has 4 amide bonds. The molecule has 2 aliphatic carbocycles. The molecule has 1 atom stereocenters. The Bertz CT molecular complexity index is 985. The molecule has 2 heterocycles. The number of hydrogen-bond acceptors (Lipinski definition) is 6. The van der Waals surface area contributed by atoms with Gasteiger partial charge in [0, 0.05) is 5.92 Å². The lowest BCUT2D eigenvalue weighted by atomic mass is 9.76. The predicted molar refractivity (Wildman–Crippen MR) is 102 cm³/mol. The number of hydrogen-bond donors (Lipinski definition) is 2. The second kappa shape index (κ2) is 6.37. The Balaban J connectivity index is 1.33. The van der Waals surface area contributed by atoms with E-state index in [1.54, 1.807) is 0 Å². The van der Waals surface area contributed by atoms with E-state index in [0.717, 1.165) is 46.7 Å². The molecule has 1 saturated heterocycles. The van der Waals surface area contributed by atoms with Crippen molar-refractivity contribution in [3.05, 3.63) is 40.4 Å². The molecular weight excluding hydrogens is 378 g/mol. The van der Waals surface area contributed by atoms with Crippen LogP contribution in [0.3, 0.4) is 0 Å². The Morgan fingerprint density at radius 2 is 2.11 bits per heavy atom. The van der Waals surface area contributed by atoms with Gasteiger partial charge in [0.1, 0.15) is 17.1 Å². The van der Waals surface area contributed by atoms with E-state index >= 15 is 0 Å². The first kappa shape index (κ1) is 17.3. The summed E-state index contributed by atoms with van der Waals surface area (Å²) in [5.41, 5.74) is 0.838. The normalized spacial score (nSPS) is 23.6. The molecule has 5 rings (SSSR count). The van der Waals surface area contributed by atoms with Crippen LogP contribution in [0.25, 0.3) is 0 Å². The van der Waals surface area contributed by atoms with Gasteiger partial charge in [-0.25, -0.2) is 4.79 Å². The Hall–Kier alpha value is -2.81. The SMILES string of the molecule is O=C(CN1C(=O)N[C@]2(CCCc3ccccc32)C1=O)Nc1nnc(C2CC2)s1. The first-order valence-electron chi connectivity index (χ1n) is 9.42. The number of nitrogens with one attached hydrogen (secondary N) is 2. The molecule has 9 heteroatoms. The Labute approximate surface area is 165 Å². The smallest absolute Gasteiger partial charge is 0.319 e. The maximum Gasteiger partial charge on any atom is 0.325 e. The topological polar surface area (TPSA) is 104 Å². The van der Waals surface area contributed by atoms with Crippen LogP contribution in [-0.2, 0) is 21.5 Å². The first-order chi connectivity index (χ1) is 13.6. The minimum absolute atomic E-state index is 0.340. The molecule has 28 heavy (non-hydrogen) atoms. The first-order valence-corrected chi connectivity index (χ1v) is 10.2. The van der Waals surface area contributed by atoms with Crippen LogP contribution in [0.1, 0.15) is 47.7 Å².